The van der Waals surface area contributed by atoms with Gasteiger partial charge in [-0.1, -0.05) is 25.1 Å². The van der Waals surface area contributed by atoms with Crippen LogP contribution in [0.5, 0.6) is 0 Å². The monoisotopic (exact) mass is 286 g/mol. The summed E-state index contributed by atoms with van der Waals surface area (Å²) in [5, 5.41) is 0.839. The van der Waals surface area contributed by atoms with Crippen LogP contribution in [0.4, 0.5) is 5.69 Å². The van der Waals surface area contributed by atoms with Gasteiger partial charge in [0.15, 0.2) is 5.69 Å². The van der Waals surface area contributed by atoms with Gasteiger partial charge in [-0.2, -0.15) is 0 Å². The van der Waals surface area contributed by atoms with Gasteiger partial charge in [-0.15, -0.1) is 0 Å². The lowest BCUT2D eigenvalue weighted by Crippen LogP contribution is -2.23. The number of amides is 1. The highest BCUT2D eigenvalue weighted by Crippen LogP contribution is 2.26. The van der Waals surface area contributed by atoms with Crippen molar-refractivity contribution in [3.63, 3.8) is 0 Å². The van der Waals surface area contributed by atoms with E-state index in [0.717, 1.165) is 18.2 Å². The molecule has 1 heterocycles. The minimum absolute atomic E-state index is 0.216. The average molecular weight is 286 g/mol. The first kappa shape index (κ1) is 15.0. The van der Waals surface area contributed by atoms with Gasteiger partial charge in [0.2, 0.25) is 6.41 Å². The summed E-state index contributed by atoms with van der Waals surface area (Å²) in [4.78, 5) is 29.2. The fourth-order valence-corrected chi connectivity index (χ4v) is 2.18. The van der Waals surface area contributed by atoms with Crippen LogP contribution in [0.25, 0.3) is 10.9 Å². The first-order valence-electron chi connectivity index (χ1n) is 7.00. The van der Waals surface area contributed by atoms with Gasteiger partial charge < -0.3 is 9.64 Å². The molecule has 5 heteroatoms. The summed E-state index contributed by atoms with van der Waals surface area (Å²) in [6, 6.07) is 9.05. The van der Waals surface area contributed by atoms with E-state index in [1.165, 1.54) is 0 Å². The molecule has 1 aromatic heterocycles. The lowest BCUT2D eigenvalue weighted by Gasteiger charge is -2.19. The second-order valence-corrected chi connectivity index (χ2v) is 4.56. The van der Waals surface area contributed by atoms with Gasteiger partial charge in [0, 0.05) is 11.9 Å². The zero-order valence-electron chi connectivity index (χ0n) is 12.2. The Morgan fingerprint density at radius 2 is 2.10 bits per heavy atom. The van der Waals surface area contributed by atoms with E-state index < -0.39 is 5.97 Å². The quantitative estimate of drug-likeness (QED) is 0.605. The zero-order chi connectivity index (χ0) is 15.2. The van der Waals surface area contributed by atoms with E-state index in [1.807, 2.05) is 31.2 Å². The molecule has 0 aliphatic rings. The van der Waals surface area contributed by atoms with Crippen LogP contribution >= 0.6 is 0 Å². The third-order valence-corrected chi connectivity index (χ3v) is 3.08. The van der Waals surface area contributed by atoms with E-state index in [0.29, 0.717) is 17.7 Å². The topological polar surface area (TPSA) is 59.5 Å². The predicted molar refractivity (Wildman–Crippen MR) is 81.4 cm³/mol. The van der Waals surface area contributed by atoms with Gasteiger partial charge in [0.05, 0.1) is 17.8 Å². The number of hydrogen-bond acceptors (Lipinski definition) is 4. The lowest BCUT2D eigenvalue weighted by atomic mass is 10.1. The van der Waals surface area contributed by atoms with Crippen LogP contribution in [-0.2, 0) is 9.53 Å². The molecule has 0 bridgehead atoms. The number of fused-ring (bicyclic) bond motifs is 1. The highest BCUT2D eigenvalue weighted by atomic mass is 16.5. The van der Waals surface area contributed by atoms with Crippen LogP contribution in [0.1, 0.15) is 30.8 Å². The molecule has 0 aliphatic heterocycles. The molecule has 1 amide bonds. The summed E-state index contributed by atoms with van der Waals surface area (Å²) < 4.78 is 5.00. The molecule has 0 radical (unpaired) electrons. The van der Waals surface area contributed by atoms with Gasteiger partial charge in [-0.3, -0.25) is 4.79 Å². The van der Waals surface area contributed by atoms with Crippen molar-refractivity contribution in [3.05, 3.63) is 36.0 Å². The summed E-state index contributed by atoms with van der Waals surface area (Å²) >= 11 is 0. The lowest BCUT2D eigenvalue weighted by molar-refractivity contribution is -0.107. The number of ether oxygens (including phenoxy) is 1. The Bertz CT molecular complexity index is 655. The minimum atomic E-state index is -0.480. The average Bonchev–Trinajstić information content (AvgIpc) is 2.52. The maximum Gasteiger partial charge on any atom is 0.357 e. The summed E-state index contributed by atoms with van der Waals surface area (Å²) in [7, 11) is 0. The van der Waals surface area contributed by atoms with Crippen molar-refractivity contribution < 1.29 is 14.3 Å². The standard InChI is InChI=1S/C16H18N2O3/c1-3-9-18(11-19)15-10-14(16(20)21-4-2)17-13-8-6-5-7-12(13)15/h5-8,10-11H,3-4,9H2,1-2H3. The Kier molecular flexibility index (Phi) is 4.87. The second-order valence-electron chi connectivity index (χ2n) is 4.56. The van der Waals surface area contributed by atoms with Crippen molar-refractivity contribution in [1.29, 1.82) is 0 Å². The van der Waals surface area contributed by atoms with Crippen LogP contribution in [0, 0.1) is 0 Å². The maximum atomic E-state index is 11.9. The van der Waals surface area contributed by atoms with Crippen LogP contribution in [0.15, 0.2) is 30.3 Å². The molecule has 0 saturated heterocycles. The third-order valence-electron chi connectivity index (χ3n) is 3.08. The number of para-hydroxylation sites is 1. The molecule has 0 fully saturated rings. The van der Waals surface area contributed by atoms with Crippen LogP contribution in [-0.4, -0.2) is 30.5 Å². The number of esters is 1. The Hall–Kier alpha value is -2.43. The highest BCUT2D eigenvalue weighted by Gasteiger charge is 2.16. The normalized spacial score (nSPS) is 10.4. The number of benzene rings is 1. The van der Waals surface area contributed by atoms with Gasteiger partial charge >= 0.3 is 5.97 Å². The molecule has 0 spiro atoms. The summed E-state index contributed by atoms with van der Waals surface area (Å²) in [5.74, 6) is -0.480. The van der Waals surface area contributed by atoms with Crippen LogP contribution in [0.2, 0.25) is 0 Å². The third kappa shape index (κ3) is 3.18. The zero-order valence-corrected chi connectivity index (χ0v) is 12.2. The fourth-order valence-electron chi connectivity index (χ4n) is 2.18. The molecule has 0 unspecified atom stereocenters. The Morgan fingerprint density at radius 1 is 1.33 bits per heavy atom. The van der Waals surface area contributed by atoms with Crippen LogP contribution in [0.3, 0.4) is 0 Å². The molecule has 110 valence electrons. The van der Waals surface area contributed by atoms with Crippen molar-refractivity contribution in [3.8, 4) is 0 Å². The maximum absolute atomic E-state index is 11.9. The number of aromatic nitrogens is 1. The molecule has 0 atom stereocenters. The Labute approximate surface area is 123 Å². The molecule has 5 nitrogen and oxygen atoms in total. The smallest absolute Gasteiger partial charge is 0.357 e. The number of pyridine rings is 1. The summed E-state index contributed by atoms with van der Waals surface area (Å²) in [5.41, 5.74) is 1.56. The van der Waals surface area contributed by atoms with Crippen molar-refractivity contribution in [2.45, 2.75) is 20.3 Å². The van der Waals surface area contributed by atoms with Crippen LogP contribution < -0.4 is 4.90 Å². The van der Waals surface area contributed by atoms with E-state index in [9.17, 15) is 9.59 Å². The van der Waals surface area contributed by atoms with Gasteiger partial charge in [-0.05, 0) is 25.5 Å². The molecule has 0 aliphatic carbocycles. The number of rotatable bonds is 6. The molecule has 0 saturated carbocycles. The second kappa shape index (κ2) is 6.83. The van der Waals surface area contributed by atoms with Gasteiger partial charge in [0.1, 0.15) is 0 Å². The van der Waals surface area contributed by atoms with Crippen molar-refractivity contribution >= 4 is 29.0 Å². The number of nitrogens with zero attached hydrogens (tertiary/aromatic N) is 2. The van der Waals surface area contributed by atoms with E-state index in [1.54, 1.807) is 17.9 Å². The van der Waals surface area contributed by atoms with E-state index in [2.05, 4.69) is 4.98 Å². The van der Waals surface area contributed by atoms with Crippen molar-refractivity contribution in [2.24, 2.45) is 0 Å². The first-order valence-corrected chi connectivity index (χ1v) is 7.00. The predicted octanol–water partition coefficient (Wildman–Crippen LogP) is 2.78. The molecular weight excluding hydrogens is 268 g/mol. The summed E-state index contributed by atoms with van der Waals surface area (Å²) in [6.45, 7) is 4.61. The first-order chi connectivity index (χ1) is 10.2. The van der Waals surface area contributed by atoms with Gasteiger partial charge in [-0.25, -0.2) is 9.78 Å². The molecule has 2 rings (SSSR count). The van der Waals surface area contributed by atoms with Crippen molar-refractivity contribution in [2.75, 3.05) is 18.1 Å². The molecule has 1 aromatic carbocycles. The minimum Gasteiger partial charge on any atom is -0.461 e. The Morgan fingerprint density at radius 3 is 2.76 bits per heavy atom. The molecular formula is C16H18N2O3. The number of carbonyl (C=O) groups excluding carboxylic acids is 2. The number of hydrogen-bond donors (Lipinski definition) is 0. The molecule has 0 N–H and O–H groups in total. The molecule has 2 aromatic rings. The van der Waals surface area contributed by atoms with E-state index in [4.69, 9.17) is 4.74 Å². The van der Waals surface area contributed by atoms with E-state index in [-0.39, 0.29) is 12.3 Å². The number of anilines is 1. The van der Waals surface area contributed by atoms with Crippen molar-refractivity contribution in [1.82, 2.24) is 4.98 Å². The summed E-state index contributed by atoms with van der Waals surface area (Å²) in [6.07, 6.45) is 1.60. The largest absolute Gasteiger partial charge is 0.461 e. The number of carbonyl (C=O) groups is 2. The van der Waals surface area contributed by atoms with Gasteiger partial charge in [0.25, 0.3) is 0 Å². The SMILES string of the molecule is CCCN(C=O)c1cc(C(=O)OCC)nc2ccccc12. The van der Waals surface area contributed by atoms with E-state index >= 15 is 0 Å². The Balaban J connectivity index is 2.59. The highest BCUT2D eigenvalue weighted by molar-refractivity contribution is 6.00. The molecule has 21 heavy (non-hydrogen) atoms. The fraction of sp³-hybridized carbons (Fsp3) is 0.312.